The summed E-state index contributed by atoms with van der Waals surface area (Å²) in [5.41, 5.74) is 0.536. The standard InChI is InChI=1S/C14H19BrN2O4/c1-4-8(2)12(13(18)19)17-14(20)16-9-5-6-11(21-3)10(15)7-9/h5-8,12H,4H2,1-3H3,(H,18,19)(H2,16,17,20)/t8?,12-/m0/s1. The molecule has 2 amide bonds. The number of urea groups is 1. The van der Waals surface area contributed by atoms with Crippen LogP contribution in [0, 0.1) is 5.92 Å². The zero-order valence-corrected chi connectivity index (χ0v) is 13.7. The van der Waals surface area contributed by atoms with Crippen LogP contribution in [0.3, 0.4) is 0 Å². The molecule has 21 heavy (non-hydrogen) atoms. The summed E-state index contributed by atoms with van der Waals surface area (Å²) in [4.78, 5) is 23.0. The number of rotatable bonds is 6. The lowest BCUT2D eigenvalue weighted by Gasteiger charge is -2.20. The van der Waals surface area contributed by atoms with E-state index in [0.29, 0.717) is 22.3 Å². The van der Waals surface area contributed by atoms with Gasteiger partial charge in [0.05, 0.1) is 11.6 Å². The lowest BCUT2D eigenvalue weighted by molar-refractivity contribution is -0.140. The summed E-state index contributed by atoms with van der Waals surface area (Å²) >= 11 is 3.31. The van der Waals surface area contributed by atoms with Crippen molar-refractivity contribution in [3.63, 3.8) is 0 Å². The minimum Gasteiger partial charge on any atom is -0.496 e. The Balaban J connectivity index is 2.72. The fourth-order valence-corrected chi connectivity index (χ4v) is 2.28. The van der Waals surface area contributed by atoms with Gasteiger partial charge in [0.15, 0.2) is 0 Å². The molecule has 1 rings (SSSR count). The van der Waals surface area contributed by atoms with Gasteiger partial charge in [-0.25, -0.2) is 9.59 Å². The van der Waals surface area contributed by atoms with E-state index in [9.17, 15) is 9.59 Å². The summed E-state index contributed by atoms with van der Waals surface area (Å²) in [6.45, 7) is 3.66. The van der Waals surface area contributed by atoms with Crippen LogP contribution in [0.2, 0.25) is 0 Å². The molecule has 0 aliphatic carbocycles. The molecule has 0 fully saturated rings. The number of ether oxygens (including phenoxy) is 1. The molecule has 2 atom stereocenters. The van der Waals surface area contributed by atoms with Crippen LogP contribution < -0.4 is 15.4 Å². The minimum atomic E-state index is -1.05. The van der Waals surface area contributed by atoms with Crippen LogP contribution in [-0.4, -0.2) is 30.3 Å². The number of hydrogen-bond donors (Lipinski definition) is 3. The molecule has 0 spiro atoms. The number of nitrogens with one attached hydrogen (secondary N) is 2. The molecule has 1 unspecified atom stereocenters. The lowest BCUT2D eigenvalue weighted by atomic mass is 9.99. The van der Waals surface area contributed by atoms with Gasteiger partial charge >= 0.3 is 12.0 Å². The highest BCUT2D eigenvalue weighted by Crippen LogP contribution is 2.27. The van der Waals surface area contributed by atoms with E-state index in [0.717, 1.165) is 0 Å². The topological polar surface area (TPSA) is 87.7 Å². The van der Waals surface area contributed by atoms with Crippen molar-refractivity contribution >= 4 is 33.6 Å². The van der Waals surface area contributed by atoms with Crippen molar-refractivity contribution in [2.24, 2.45) is 5.92 Å². The number of methoxy groups -OCH3 is 1. The Morgan fingerprint density at radius 3 is 2.57 bits per heavy atom. The highest BCUT2D eigenvalue weighted by molar-refractivity contribution is 9.10. The molecular formula is C14H19BrN2O4. The number of carboxylic acid groups (broad SMARTS) is 1. The van der Waals surface area contributed by atoms with Crippen LogP contribution in [0.4, 0.5) is 10.5 Å². The zero-order valence-electron chi connectivity index (χ0n) is 12.1. The quantitative estimate of drug-likeness (QED) is 0.728. The Bertz CT molecular complexity index is 522. The van der Waals surface area contributed by atoms with E-state index in [2.05, 4.69) is 26.6 Å². The summed E-state index contributed by atoms with van der Waals surface area (Å²) in [5, 5.41) is 14.2. The highest BCUT2D eigenvalue weighted by atomic mass is 79.9. The minimum absolute atomic E-state index is 0.157. The van der Waals surface area contributed by atoms with Gasteiger partial charge in [0.2, 0.25) is 0 Å². The number of hydrogen-bond acceptors (Lipinski definition) is 3. The Kier molecular flexibility index (Phi) is 6.48. The molecule has 0 bridgehead atoms. The second-order valence-corrected chi connectivity index (χ2v) is 5.50. The summed E-state index contributed by atoms with van der Waals surface area (Å²) < 4.78 is 5.79. The van der Waals surface area contributed by atoms with Gasteiger partial charge < -0.3 is 20.5 Å². The van der Waals surface area contributed by atoms with E-state index >= 15 is 0 Å². The Labute approximate surface area is 132 Å². The van der Waals surface area contributed by atoms with E-state index in [1.807, 2.05) is 6.92 Å². The summed E-state index contributed by atoms with van der Waals surface area (Å²) in [7, 11) is 1.55. The van der Waals surface area contributed by atoms with Crippen LogP contribution in [0.5, 0.6) is 5.75 Å². The molecule has 0 radical (unpaired) electrons. The van der Waals surface area contributed by atoms with Gasteiger partial charge in [0.25, 0.3) is 0 Å². The first-order chi connectivity index (χ1) is 9.88. The normalized spacial score (nSPS) is 13.1. The number of amides is 2. The third-order valence-corrected chi connectivity index (χ3v) is 3.80. The Morgan fingerprint density at radius 2 is 2.10 bits per heavy atom. The van der Waals surface area contributed by atoms with Crippen LogP contribution >= 0.6 is 15.9 Å². The van der Waals surface area contributed by atoms with E-state index in [1.165, 1.54) is 0 Å². The largest absolute Gasteiger partial charge is 0.496 e. The Hall–Kier alpha value is -1.76. The number of anilines is 1. The predicted molar refractivity (Wildman–Crippen MR) is 83.7 cm³/mol. The predicted octanol–water partition coefficient (Wildman–Crippen LogP) is 3.08. The average Bonchev–Trinajstić information content (AvgIpc) is 2.44. The van der Waals surface area contributed by atoms with Crippen LogP contribution in [0.25, 0.3) is 0 Å². The fraction of sp³-hybridized carbons (Fsp3) is 0.429. The first-order valence-electron chi connectivity index (χ1n) is 6.52. The number of carbonyl (C=O) groups excluding carboxylic acids is 1. The van der Waals surface area contributed by atoms with Gasteiger partial charge in [-0.2, -0.15) is 0 Å². The van der Waals surface area contributed by atoms with Gasteiger partial charge in [-0.3, -0.25) is 0 Å². The maximum atomic E-state index is 11.9. The monoisotopic (exact) mass is 358 g/mol. The van der Waals surface area contributed by atoms with Crippen molar-refractivity contribution in [3.8, 4) is 5.75 Å². The van der Waals surface area contributed by atoms with Crippen molar-refractivity contribution < 1.29 is 19.4 Å². The summed E-state index contributed by atoms with van der Waals surface area (Å²) in [6, 6.07) is 3.57. The van der Waals surface area contributed by atoms with Gasteiger partial charge in [0, 0.05) is 5.69 Å². The molecule has 7 heteroatoms. The molecule has 3 N–H and O–H groups in total. The molecule has 0 aliphatic heterocycles. The SMILES string of the molecule is CCC(C)[C@H](NC(=O)Nc1ccc(OC)c(Br)c1)C(=O)O. The molecule has 1 aromatic rings. The van der Waals surface area contributed by atoms with E-state index in [1.54, 1.807) is 32.2 Å². The van der Waals surface area contributed by atoms with Crippen molar-refractivity contribution in [1.82, 2.24) is 5.32 Å². The maximum Gasteiger partial charge on any atom is 0.326 e. The first kappa shape index (κ1) is 17.3. The molecule has 1 aromatic carbocycles. The molecular weight excluding hydrogens is 340 g/mol. The van der Waals surface area contributed by atoms with Gasteiger partial charge in [-0.1, -0.05) is 20.3 Å². The van der Waals surface area contributed by atoms with Crippen LogP contribution in [0.1, 0.15) is 20.3 Å². The second-order valence-electron chi connectivity index (χ2n) is 4.65. The fourth-order valence-electron chi connectivity index (χ4n) is 1.74. The lowest BCUT2D eigenvalue weighted by Crippen LogP contribution is -2.46. The maximum absolute atomic E-state index is 11.9. The molecule has 0 saturated carbocycles. The first-order valence-corrected chi connectivity index (χ1v) is 7.32. The summed E-state index contributed by atoms with van der Waals surface area (Å²) in [6.07, 6.45) is 0.658. The van der Waals surface area contributed by atoms with E-state index < -0.39 is 18.0 Å². The molecule has 0 aliphatic rings. The molecule has 0 saturated heterocycles. The Morgan fingerprint density at radius 1 is 1.43 bits per heavy atom. The van der Waals surface area contributed by atoms with Gasteiger partial charge in [0.1, 0.15) is 11.8 Å². The third kappa shape index (κ3) is 4.93. The zero-order chi connectivity index (χ0) is 16.0. The van der Waals surface area contributed by atoms with Crippen LogP contribution in [0.15, 0.2) is 22.7 Å². The van der Waals surface area contributed by atoms with E-state index in [-0.39, 0.29) is 5.92 Å². The van der Waals surface area contributed by atoms with Crippen LogP contribution in [-0.2, 0) is 4.79 Å². The van der Waals surface area contributed by atoms with Crippen molar-refractivity contribution in [2.45, 2.75) is 26.3 Å². The number of benzene rings is 1. The molecule has 6 nitrogen and oxygen atoms in total. The summed E-state index contributed by atoms with van der Waals surface area (Å²) in [5.74, 6) is -0.560. The number of halogens is 1. The smallest absolute Gasteiger partial charge is 0.326 e. The molecule has 116 valence electrons. The number of aliphatic carboxylic acids is 1. The van der Waals surface area contributed by atoms with Crippen molar-refractivity contribution in [1.29, 1.82) is 0 Å². The van der Waals surface area contributed by atoms with Gasteiger partial charge in [-0.15, -0.1) is 0 Å². The average molecular weight is 359 g/mol. The second kappa shape index (κ2) is 7.87. The third-order valence-electron chi connectivity index (χ3n) is 3.18. The number of carbonyl (C=O) groups is 2. The van der Waals surface area contributed by atoms with Crippen molar-refractivity contribution in [3.05, 3.63) is 22.7 Å². The van der Waals surface area contributed by atoms with Crippen molar-refractivity contribution in [2.75, 3.05) is 12.4 Å². The highest BCUT2D eigenvalue weighted by Gasteiger charge is 2.25. The molecule has 0 aromatic heterocycles. The molecule has 0 heterocycles. The number of carboxylic acids is 1. The van der Waals surface area contributed by atoms with E-state index in [4.69, 9.17) is 9.84 Å². The van der Waals surface area contributed by atoms with Gasteiger partial charge in [-0.05, 0) is 40.0 Å².